The molecule has 0 aliphatic rings. The Morgan fingerprint density at radius 1 is 0.426 bits per heavy atom. The number of unbranched alkanes of at least 4 members (excludes halogenated alkanes) is 1. The standard InChI is InChI=1S/C51H66N12OS4/c1-8-60(9-2)48(65)56-52-44(40-24-17-15-18-25-40)46(54-58-50(67)62(12-5)13-6)42-32-28-38(29-33-42)23-21-22-36-63(14-7)51(68)59-55-47(43-34-30-39(37-64)31-35-43)45(41-26-19-16-20-27-41)53-57-49(66)61(10-3)11-4/h15-20,24-35,37H,8-14,21-23,36H2,1-7H3,(H,56,65)(H,57,66)(H,58,67)(H,59,68)/b52-44+,53-45+,54-46+,55-47+. The number of hydrazone groups is 4. The number of hydrogen-bond donors (Lipinski definition) is 4. The van der Waals surface area contributed by atoms with Crippen molar-refractivity contribution in [2.75, 3.05) is 52.4 Å². The predicted molar refractivity (Wildman–Crippen MR) is 299 cm³/mol. The van der Waals surface area contributed by atoms with Gasteiger partial charge in [0.25, 0.3) is 0 Å². The summed E-state index contributed by atoms with van der Waals surface area (Å²) < 4.78 is 0. The highest BCUT2D eigenvalue weighted by Gasteiger charge is 2.20. The summed E-state index contributed by atoms with van der Waals surface area (Å²) in [6, 6.07) is 35.4. The molecule has 0 heterocycles. The molecule has 0 radical (unpaired) electrons. The molecule has 0 saturated carbocycles. The zero-order valence-electron chi connectivity index (χ0n) is 40.4. The Hall–Kier alpha value is -6.01. The van der Waals surface area contributed by atoms with Gasteiger partial charge in [-0.15, -0.1) is 0 Å². The summed E-state index contributed by atoms with van der Waals surface area (Å²) in [7, 11) is 0. The molecule has 0 amide bonds. The van der Waals surface area contributed by atoms with Crippen LogP contribution >= 0.6 is 48.9 Å². The van der Waals surface area contributed by atoms with E-state index in [-0.39, 0.29) is 0 Å². The summed E-state index contributed by atoms with van der Waals surface area (Å²) in [5.74, 6) is 0. The highest BCUT2D eigenvalue weighted by molar-refractivity contribution is 7.80. The van der Waals surface area contributed by atoms with Crippen molar-refractivity contribution in [3.63, 3.8) is 0 Å². The summed E-state index contributed by atoms with van der Waals surface area (Å²) in [6.07, 6.45) is 3.51. The Bertz CT molecular complexity index is 2360. The molecule has 0 unspecified atom stereocenters. The van der Waals surface area contributed by atoms with Crippen LogP contribution < -0.4 is 21.7 Å². The topological polar surface area (TPSA) is 128 Å². The largest absolute Gasteiger partial charge is 0.348 e. The molecule has 0 saturated heterocycles. The van der Waals surface area contributed by atoms with Crippen LogP contribution in [-0.2, 0) is 6.42 Å². The number of benzene rings is 4. The second-order valence-electron chi connectivity index (χ2n) is 15.2. The van der Waals surface area contributed by atoms with Gasteiger partial charge < -0.3 is 19.6 Å². The van der Waals surface area contributed by atoms with Gasteiger partial charge in [-0.3, -0.25) is 26.5 Å². The Morgan fingerprint density at radius 3 is 1.06 bits per heavy atom. The highest BCUT2D eigenvalue weighted by Crippen LogP contribution is 2.16. The van der Waals surface area contributed by atoms with Crippen molar-refractivity contribution in [3.05, 3.63) is 143 Å². The number of nitrogens with one attached hydrogen (secondary N) is 4. The van der Waals surface area contributed by atoms with Crippen molar-refractivity contribution in [1.29, 1.82) is 0 Å². The predicted octanol–water partition coefficient (Wildman–Crippen LogP) is 8.58. The fourth-order valence-electron chi connectivity index (χ4n) is 7.02. The van der Waals surface area contributed by atoms with E-state index in [9.17, 15) is 4.79 Å². The average molecular weight is 991 g/mol. The van der Waals surface area contributed by atoms with Crippen molar-refractivity contribution < 1.29 is 4.79 Å². The molecule has 4 N–H and O–H groups in total. The van der Waals surface area contributed by atoms with E-state index in [0.29, 0.717) is 55.4 Å². The second kappa shape index (κ2) is 29.7. The SMILES string of the molecule is CCN(CC)C(=S)N/N=C(/C(=N/NC(=S)N(CC)CC)c1ccc(CCCCN(CC)C(=S)N/N=C(/C(=N/NC(=S)N(CC)CC)c2ccccc2)c2ccc(C=O)cc2)cc1)c1ccccc1. The smallest absolute Gasteiger partial charge is 0.189 e. The van der Waals surface area contributed by atoms with E-state index in [2.05, 4.69) is 85.5 Å². The van der Waals surface area contributed by atoms with Crippen molar-refractivity contribution in [3.8, 4) is 0 Å². The molecule has 0 fully saturated rings. The molecule has 360 valence electrons. The van der Waals surface area contributed by atoms with Gasteiger partial charge in [-0.05, 0) is 122 Å². The quantitative estimate of drug-likeness (QED) is 0.0187. The Kier molecular flexibility index (Phi) is 23.8. The monoisotopic (exact) mass is 990 g/mol. The minimum absolute atomic E-state index is 0.488. The minimum Gasteiger partial charge on any atom is -0.348 e. The van der Waals surface area contributed by atoms with E-state index in [1.54, 1.807) is 12.1 Å². The van der Waals surface area contributed by atoms with Crippen LogP contribution in [0.3, 0.4) is 0 Å². The lowest BCUT2D eigenvalue weighted by atomic mass is 9.98. The van der Waals surface area contributed by atoms with Crippen LogP contribution in [0.5, 0.6) is 0 Å². The maximum atomic E-state index is 11.6. The van der Waals surface area contributed by atoms with Crippen LogP contribution in [-0.4, -0.2) is 122 Å². The molecule has 0 aromatic heterocycles. The lowest BCUT2D eigenvalue weighted by Crippen LogP contribution is -2.39. The Labute approximate surface area is 425 Å². The number of hydrogen-bond acceptors (Lipinski definition) is 9. The van der Waals surface area contributed by atoms with Crippen LogP contribution in [0.4, 0.5) is 0 Å². The third-order valence-corrected chi connectivity index (χ3v) is 12.5. The maximum absolute atomic E-state index is 11.6. The van der Waals surface area contributed by atoms with E-state index in [4.69, 9.17) is 69.3 Å². The molecule has 0 spiro atoms. The van der Waals surface area contributed by atoms with Gasteiger partial charge in [0.1, 0.15) is 29.1 Å². The molecular weight excluding hydrogens is 925 g/mol. The van der Waals surface area contributed by atoms with Crippen LogP contribution in [0.2, 0.25) is 0 Å². The van der Waals surface area contributed by atoms with E-state index < -0.39 is 0 Å². The summed E-state index contributed by atoms with van der Waals surface area (Å²) in [6.45, 7) is 20.3. The van der Waals surface area contributed by atoms with Gasteiger partial charge in [-0.25, -0.2) is 0 Å². The molecule has 68 heavy (non-hydrogen) atoms. The number of carbonyl (C=O) groups is 1. The first kappa shape index (κ1) is 54.6. The molecule has 4 aromatic carbocycles. The summed E-state index contributed by atoms with van der Waals surface area (Å²) in [4.78, 5) is 19.8. The lowest BCUT2D eigenvalue weighted by Gasteiger charge is -2.23. The minimum atomic E-state index is 0.488. The third-order valence-electron chi connectivity index (χ3n) is 11.1. The molecule has 13 nitrogen and oxygen atoms in total. The number of aldehydes is 1. The Balaban J connectivity index is 1.54. The van der Waals surface area contributed by atoms with Gasteiger partial charge in [-0.1, -0.05) is 109 Å². The number of carbonyl (C=O) groups excluding carboxylic acids is 1. The van der Waals surface area contributed by atoms with Gasteiger partial charge in [-0.2, -0.15) is 20.4 Å². The van der Waals surface area contributed by atoms with Crippen molar-refractivity contribution >= 4 is 98.5 Å². The molecule has 0 bridgehead atoms. The molecular formula is C51H66N12OS4. The first-order chi connectivity index (χ1) is 33.0. The van der Waals surface area contributed by atoms with Gasteiger partial charge in [0, 0.05) is 80.2 Å². The summed E-state index contributed by atoms with van der Waals surface area (Å²) in [5, 5.41) is 21.5. The van der Waals surface area contributed by atoms with E-state index in [1.165, 1.54) is 5.56 Å². The summed E-state index contributed by atoms with van der Waals surface area (Å²) in [5.41, 5.74) is 19.9. The number of nitrogens with zero attached hydrogens (tertiary/aromatic N) is 8. The van der Waals surface area contributed by atoms with E-state index >= 15 is 0 Å². The molecule has 0 aliphatic heterocycles. The van der Waals surface area contributed by atoms with Gasteiger partial charge in [0.05, 0.1) is 0 Å². The number of rotatable bonds is 23. The Morgan fingerprint density at radius 2 is 0.735 bits per heavy atom. The fourth-order valence-corrected chi connectivity index (χ4v) is 8.20. The molecule has 0 aliphatic carbocycles. The number of aryl methyl sites for hydroxylation is 1. The second-order valence-corrected chi connectivity index (χ2v) is 16.8. The fraction of sp³-hybridized carbons (Fsp3) is 0.353. The molecule has 17 heteroatoms. The van der Waals surface area contributed by atoms with Crippen LogP contribution in [0, 0.1) is 0 Å². The van der Waals surface area contributed by atoms with Crippen LogP contribution in [0.1, 0.15) is 99.5 Å². The molecule has 0 atom stereocenters. The molecule has 4 rings (SSSR count). The van der Waals surface area contributed by atoms with Crippen molar-refractivity contribution in [2.24, 2.45) is 20.4 Å². The lowest BCUT2D eigenvalue weighted by molar-refractivity contribution is 0.112. The number of thiocarbonyl (C=S) groups is 4. The summed E-state index contributed by atoms with van der Waals surface area (Å²) >= 11 is 23.1. The average Bonchev–Trinajstić information content (AvgIpc) is 3.37. The maximum Gasteiger partial charge on any atom is 0.189 e. The van der Waals surface area contributed by atoms with Crippen LogP contribution in [0.15, 0.2) is 130 Å². The van der Waals surface area contributed by atoms with Crippen molar-refractivity contribution in [2.45, 2.75) is 67.7 Å². The normalized spacial score (nSPS) is 11.9. The first-order valence-corrected chi connectivity index (χ1v) is 25.0. The van der Waals surface area contributed by atoms with Crippen LogP contribution in [0.25, 0.3) is 0 Å². The third kappa shape index (κ3) is 16.4. The van der Waals surface area contributed by atoms with Crippen molar-refractivity contribution in [1.82, 2.24) is 41.3 Å². The van der Waals surface area contributed by atoms with E-state index in [0.717, 1.165) is 93.6 Å². The van der Waals surface area contributed by atoms with Gasteiger partial charge >= 0.3 is 0 Å². The zero-order valence-corrected chi connectivity index (χ0v) is 43.6. The highest BCUT2D eigenvalue weighted by atomic mass is 32.1. The molecule has 4 aromatic rings. The van der Waals surface area contributed by atoms with Gasteiger partial charge in [0.2, 0.25) is 0 Å². The first-order valence-electron chi connectivity index (χ1n) is 23.3. The zero-order chi connectivity index (χ0) is 49.3. The van der Waals surface area contributed by atoms with Gasteiger partial charge in [0.15, 0.2) is 20.4 Å². The van der Waals surface area contributed by atoms with E-state index in [1.807, 2.05) is 101 Å².